The number of ketones is 1. The molecule has 22 heavy (non-hydrogen) atoms. The summed E-state index contributed by atoms with van der Waals surface area (Å²) in [7, 11) is 0. The first kappa shape index (κ1) is 18.3. The van der Waals surface area contributed by atoms with Crippen molar-refractivity contribution in [3.63, 3.8) is 0 Å². The summed E-state index contributed by atoms with van der Waals surface area (Å²) in [5, 5.41) is 14.3. The molecule has 0 spiro atoms. The van der Waals surface area contributed by atoms with E-state index in [0.29, 0.717) is 12.8 Å². The van der Waals surface area contributed by atoms with E-state index in [9.17, 15) is 9.59 Å². The number of hydrogen-bond acceptors (Lipinski definition) is 4. The summed E-state index contributed by atoms with van der Waals surface area (Å²) in [5.74, 6) is -1.10. The van der Waals surface area contributed by atoms with Crippen molar-refractivity contribution in [2.75, 3.05) is 6.73 Å². The molecule has 0 fully saturated rings. The highest BCUT2D eigenvalue weighted by atomic mass is 16.3. The topological polar surface area (TPSA) is 78.4 Å². The number of amides is 1. The summed E-state index contributed by atoms with van der Waals surface area (Å²) < 4.78 is 0. The lowest BCUT2D eigenvalue weighted by atomic mass is 10.0. The van der Waals surface area contributed by atoms with E-state index in [-0.39, 0.29) is 12.8 Å². The van der Waals surface area contributed by atoms with Crippen molar-refractivity contribution in [1.29, 1.82) is 0 Å². The molecule has 5 nitrogen and oxygen atoms in total. The highest BCUT2D eigenvalue weighted by molar-refractivity contribution is 6.38. The van der Waals surface area contributed by atoms with Gasteiger partial charge in [-0.1, -0.05) is 50.1 Å². The fourth-order valence-corrected chi connectivity index (χ4v) is 2.32. The second kappa shape index (κ2) is 10.1. The number of hydrogen-bond donors (Lipinski definition) is 3. The number of aliphatic hydroxyl groups excluding tert-OH is 1. The number of unbranched alkanes of at least 4 members (excludes halogenated alkanes) is 1. The largest absolute Gasteiger partial charge is 0.381 e. The van der Waals surface area contributed by atoms with Crippen molar-refractivity contribution < 1.29 is 14.7 Å². The number of carbonyl (C=O) groups excluding carboxylic acids is 2. The summed E-state index contributed by atoms with van der Waals surface area (Å²) in [6, 6.07) is 9.06. The van der Waals surface area contributed by atoms with Gasteiger partial charge in [-0.25, -0.2) is 0 Å². The molecule has 0 saturated heterocycles. The van der Waals surface area contributed by atoms with Crippen LogP contribution in [0.5, 0.6) is 0 Å². The summed E-state index contributed by atoms with van der Waals surface area (Å²) in [5.41, 5.74) is 1.11. The van der Waals surface area contributed by atoms with Crippen LogP contribution >= 0.6 is 0 Å². The highest BCUT2D eigenvalue weighted by Crippen LogP contribution is 2.05. The highest BCUT2D eigenvalue weighted by Gasteiger charge is 2.25. The zero-order valence-electron chi connectivity index (χ0n) is 13.3. The summed E-state index contributed by atoms with van der Waals surface area (Å²) in [6.45, 7) is 3.58. The van der Waals surface area contributed by atoms with Gasteiger partial charge in [0.05, 0.1) is 12.8 Å². The Bertz CT molecular complexity index is 462. The minimum Gasteiger partial charge on any atom is -0.381 e. The van der Waals surface area contributed by atoms with Gasteiger partial charge in [0.15, 0.2) is 0 Å². The van der Waals surface area contributed by atoms with Crippen LogP contribution in [0.15, 0.2) is 30.3 Å². The first-order valence-electron chi connectivity index (χ1n) is 7.81. The van der Waals surface area contributed by atoms with Crippen LogP contribution in [-0.2, 0) is 16.0 Å². The number of aliphatic hydroxyl groups is 1. The molecule has 1 aromatic rings. The molecular formula is C17H26N2O3. The van der Waals surface area contributed by atoms with Crippen molar-refractivity contribution >= 4 is 11.7 Å². The van der Waals surface area contributed by atoms with E-state index in [0.717, 1.165) is 18.4 Å². The Morgan fingerprint density at radius 3 is 2.50 bits per heavy atom. The van der Waals surface area contributed by atoms with Crippen LogP contribution < -0.4 is 10.6 Å². The number of benzene rings is 1. The molecule has 0 aromatic heterocycles. The standard InChI is InChI=1S/C17H26N2O3/c1-3-4-10-15(18-12-20)16(21)17(22)19-13(2)11-14-8-6-5-7-9-14/h5-9,13,15,18,20H,3-4,10-12H2,1-2H3,(H,19,22). The van der Waals surface area contributed by atoms with Crippen molar-refractivity contribution in [2.24, 2.45) is 0 Å². The van der Waals surface area contributed by atoms with Crippen LogP contribution in [0.4, 0.5) is 0 Å². The predicted octanol–water partition coefficient (Wildman–Crippen LogP) is 1.40. The van der Waals surface area contributed by atoms with E-state index in [1.54, 1.807) is 0 Å². The van der Waals surface area contributed by atoms with Gasteiger partial charge in [-0.3, -0.25) is 14.9 Å². The van der Waals surface area contributed by atoms with Crippen LogP contribution in [0, 0.1) is 0 Å². The molecule has 2 atom stereocenters. The Morgan fingerprint density at radius 2 is 1.91 bits per heavy atom. The van der Waals surface area contributed by atoms with Crippen LogP contribution in [0.2, 0.25) is 0 Å². The molecule has 0 aliphatic rings. The van der Waals surface area contributed by atoms with Crippen LogP contribution in [0.25, 0.3) is 0 Å². The number of nitrogens with one attached hydrogen (secondary N) is 2. The summed E-state index contributed by atoms with van der Waals surface area (Å²) in [4.78, 5) is 24.2. The van der Waals surface area contributed by atoms with Crippen molar-refractivity contribution in [3.8, 4) is 0 Å². The molecule has 3 N–H and O–H groups in total. The summed E-state index contributed by atoms with van der Waals surface area (Å²) in [6.07, 6.45) is 2.99. The Labute approximate surface area is 132 Å². The molecule has 1 aromatic carbocycles. The number of rotatable bonds is 10. The molecule has 122 valence electrons. The zero-order valence-corrected chi connectivity index (χ0v) is 13.3. The van der Waals surface area contributed by atoms with Crippen molar-refractivity contribution in [3.05, 3.63) is 35.9 Å². The lowest BCUT2D eigenvalue weighted by Crippen LogP contribution is -2.48. The third-order valence-corrected chi connectivity index (χ3v) is 3.49. The second-order valence-corrected chi connectivity index (χ2v) is 5.49. The Kier molecular flexibility index (Phi) is 8.40. The maximum atomic E-state index is 12.1. The zero-order chi connectivity index (χ0) is 16.4. The lowest BCUT2D eigenvalue weighted by molar-refractivity contribution is -0.139. The quantitative estimate of drug-likeness (QED) is 0.451. The maximum absolute atomic E-state index is 12.1. The van der Waals surface area contributed by atoms with Gasteiger partial charge in [-0.2, -0.15) is 0 Å². The molecule has 0 aliphatic carbocycles. The van der Waals surface area contributed by atoms with Gasteiger partial charge in [-0.15, -0.1) is 0 Å². The molecule has 0 saturated carbocycles. The van der Waals surface area contributed by atoms with Crippen LogP contribution in [-0.4, -0.2) is 35.6 Å². The van der Waals surface area contributed by atoms with E-state index >= 15 is 0 Å². The predicted molar refractivity (Wildman–Crippen MR) is 86.3 cm³/mol. The average Bonchev–Trinajstić information content (AvgIpc) is 2.51. The Hall–Kier alpha value is -1.72. The SMILES string of the molecule is CCCCC(NCO)C(=O)C(=O)NC(C)Cc1ccccc1. The molecule has 0 radical (unpaired) electrons. The van der Waals surface area contributed by atoms with Gasteiger partial charge in [0, 0.05) is 6.04 Å². The van der Waals surface area contributed by atoms with E-state index in [2.05, 4.69) is 10.6 Å². The first-order chi connectivity index (χ1) is 10.6. The fraction of sp³-hybridized carbons (Fsp3) is 0.529. The number of Topliss-reactive ketones (excluding diaryl/α,β-unsaturated/α-hetero) is 1. The molecule has 0 aliphatic heterocycles. The number of carbonyl (C=O) groups is 2. The average molecular weight is 306 g/mol. The third-order valence-electron chi connectivity index (χ3n) is 3.49. The van der Waals surface area contributed by atoms with Crippen LogP contribution in [0.1, 0.15) is 38.7 Å². The monoisotopic (exact) mass is 306 g/mol. The van der Waals surface area contributed by atoms with Gasteiger partial charge in [-0.05, 0) is 25.3 Å². The van der Waals surface area contributed by atoms with Gasteiger partial charge >= 0.3 is 0 Å². The molecule has 0 heterocycles. The maximum Gasteiger partial charge on any atom is 0.289 e. The molecule has 1 amide bonds. The van der Waals surface area contributed by atoms with Gasteiger partial charge in [0.2, 0.25) is 5.78 Å². The molecule has 5 heteroatoms. The minimum atomic E-state index is -0.617. The van der Waals surface area contributed by atoms with Crippen molar-refractivity contribution in [2.45, 2.75) is 51.6 Å². The molecular weight excluding hydrogens is 280 g/mol. The minimum absolute atomic E-state index is 0.125. The third kappa shape index (κ3) is 6.37. The van der Waals surface area contributed by atoms with E-state index in [1.807, 2.05) is 44.2 Å². The Balaban J connectivity index is 2.52. The second-order valence-electron chi connectivity index (χ2n) is 5.49. The van der Waals surface area contributed by atoms with Gasteiger partial charge in [0.25, 0.3) is 5.91 Å². The van der Waals surface area contributed by atoms with Gasteiger partial charge in [0.1, 0.15) is 0 Å². The van der Waals surface area contributed by atoms with Crippen LogP contribution in [0.3, 0.4) is 0 Å². The molecule has 0 bridgehead atoms. The Morgan fingerprint density at radius 1 is 1.23 bits per heavy atom. The van der Waals surface area contributed by atoms with Crippen molar-refractivity contribution in [1.82, 2.24) is 10.6 Å². The first-order valence-corrected chi connectivity index (χ1v) is 7.81. The summed E-state index contributed by atoms with van der Waals surface area (Å²) >= 11 is 0. The molecule has 1 rings (SSSR count). The fourth-order valence-electron chi connectivity index (χ4n) is 2.32. The normalized spacial score (nSPS) is 13.4. The van der Waals surface area contributed by atoms with E-state index in [4.69, 9.17) is 5.11 Å². The van der Waals surface area contributed by atoms with Gasteiger partial charge < -0.3 is 10.4 Å². The van der Waals surface area contributed by atoms with E-state index in [1.165, 1.54) is 0 Å². The lowest BCUT2D eigenvalue weighted by Gasteiger charge is -2.18. The van der Waals surface area contributed by atoms with E-state index < -0.39 is 17.7 Å². The smallest absolute Gasteiger partial charge is 0.289 e. The molecule has 2 unspecified atom stereocenters.